The average Bonchev–Trinajstić information content (AvgIpc) is 2.01. The van der Waals surface area contributed by atoms with Gasteiger partial charge in [-0.15, -0.1) is 0 Å². The Hall–Kier alpha value is -0.120. The van der Waals surface area contributed by atoms with Crippen LogP contribution < -0.4 is 5.32 Å². The molecule has 1 aliphatic rings. The van der Waals surface area contributed by atoms with Crippen molar-refractivity contribution >= 4 is 0 Å². The van der Waals surface area contributed by atoms with E-state index in [4.69, 9.17) is 5.11 Å². The van der Waals surface area contributed by atoms with Crippen molar-refractivity contribution in [2.75, 3.05) is 26.7 Å². The van der Waals surface area contributed by atoms with Crippen molar-refractivity contribution in [2.24, 2.45) is 0 Å². The van der Waals surface area contributed by atoms with Gasteiger partial charge in [0.25, 0.3) is 0 Å². The molecule has 1 fully saturated rings. The molecule has 0 bridgehead atoms. The molecule has 12 heavy (non-hydrogen) atoms. The Morgan fingerprint density at radius 2 is 2.42 bits per heavy atom. The van der Waals surface area contributed by atoms with Crippen LogP contribution in [0.15, 0.2) is 0 Å². The van der Waals surface area contributed by atoms with Gasteiger partial charge in [0.05, 0.1) is 6.10 Å². The summed E-state index contributed by atoms with van der Waals surface area (Å²) in [5.74, 6) is 0. The fraction of sp³-hybridized carbons (Fsp3) is 1.00. The average molecular weight is 172 g/mol. The molecule has 1 heterocycles. The van der Waals surface area contributed by atoms with Crippen molar-refractivity contribution in [1.82, 2.24) is 10.2 Å². The van der Waals surface area contributed by atoms with E-state index in [1.807, 2.05) is 6.92 Å². The van der Waals surface area contributed by atoms with Crippen molar-refractivity contribution in [3.8, 4) is 0 Å². The number of hydrogen-bond acceptors (Lipinski definition) is 3. The number of piperidine rings is 1. The van der Waals surface area contributed by atoms with Crippen molar-refractivity contribution in [2.45, 2.75) is 31.9 Å². The molecule has 2 N–H and O–H groups in total. The van der Waals surface area contributed by atoms with Crippen LogP contribution in [0, 0.1) is 0 Å². The van der Waals surface area contributed by atoms with Gasteiger partial charge >= 0.3 is 0 Å². The van der Waals surface area contributed by atoms with Crippen LogP contribution in [0.4, 0.5) is 0 Å². The Bertz CT molecular complexity index is 128. The number of hydrogen-bond donors (Lipinski definition) is 2. The van der Waals surface area contributed by atoms with E-state index in [-0.39, 0.29) is 6.10 Å². The minimum Gasteiger partial charge on any atom is -0.392 e. The van der Waals surface area contributed by atoms with Crippen LogP contribution in [-0.4, -0.2) is 48.8 Å². The first kappa shape index (κ1) is 9.96. The third-order valence-electron chi connectivity index (χ3n) is 2.33. The normalized spacial score (nSPS) is 28.8. The molecule has 3 heteroatoms. The first-order chi connectivity index (χ1) is 5.68. The molecule has 0 radical (unpaired) electrons. The quantitative estimate of drug-likeness (QED) is 0.631. The van der Waals surface area contributed by atoms with Gasteiger partial charge in [0.15, 0.2) is 0 Å². The summed E-state index contributed by atoms with van der Waals surface area (Å²) in [5.41, 5.74) is 0. The Labute approximate surface area is 74.8 Å². The van der Waals surface area contributed by atoms with E-state index < -0.39 is 0 Å². The number of likely N-dealkylation sites (N-methyl/N-ethyl adjacent to an activating group) is 1. The largest absolute Gasteiger partial charge is 0.392 e. The van der Waals surface area contributed by atoms with Crippen molar-refractivity contribution in [3.05, 3.63) is 0 Å². The summed E-state index contributed by atoms with van der Waals surface area (Å²) in [6, 6.07) is 0.582. The van der Waals surface area contributed by atoms with Crippen LogP contribution in [0.25, 0.3) is 0 Å². The molecule has 0 amide bonds. The molecule has 0 saturated carbocycles. The standard InChI is InChI=1S/C9H20N2O/c1-8(12)6-10-9-4-3-5-11(2)7-9/h8-10,12H,3-7H2,1-2H3/t8-,9?/m0/s1. The Morgan fingerprint density at radius 3 is 3.00 bits per heavy atom. The van der Waals surface area contributed by atoms with E-state index >= 15 is 0 Å². The van der Waals surface area contributed by atoms with Gasteiger partial charge in [-0.05, 0) is 33.4 Å². The van der Waals surface area contributed by atoms with Gasteiger partial charge < -0.3 is 15.3 Å². The minimum absolute atomic E-state index is 0.225. The molecule has 2 atom stereocenters. The van der Waals surface area contributed by atoms with Gasteiger partial charge in [0.1, 0.15) is 0 Å². The van der Waals surface area contributed by atoms with Crippen molar-refractivity contribution in [1.29, 1.82) is 0 Å². The first-order valence-electron chi connectivity index (χ1n) is 4.78. The van der Waals surface area contributed by atoms with Gasteiger partial charge in [-0.1, -0.05) is 0 Å². The Balaban J connectivity index is 2.14. The zero-order valence-corrected chi connectivity index (χ0v) is 8.08. The molecule has 0 aliphatic carbocycles. The maximum atomic E-state index is 9.07. The lowest BCUT2D eigenvalue weighted by atomic mass is 10.1. The highest BCUT2D eigenvalue weighted by Crippen LogP contribution is 2.07. The molecule has 0 spiro atoms. The minimum atomic E-state index is -0.225. The smallest absolute Gasteiger partial charge is 0.0636 e. The number of nitrogens with one attached hydrogen (secondary N) is 1. The van der Waals surface area contributed by atoms with Crippen LogP contribution in [0.1, 0.15) is 19.8 Å². The second kappa shape index (κ2) is 4.80. The third kappa shape index (κ3) is 3.52. The zero-order chi connectivity index (χ0) is 8.97. The lowest BCUT2D eigenvalue weighted by Gasteiger charge is -2.30. The lowest BCUT2D eigenvalue weighted by molar-refractivity contribution is 0.167. The summed E-state index contributed by atoms with van der Waals surface area (Å²) >= 11 is 0. The van der Waals surface area contributed by atoms with E-state index in [0.717, 1.165) is 13.1 Å². The molecule has 1 saturated heterocycles. The molecule has 1 unspecified atom stereocenters. The molecule has 1 aliphatic heterocycles. The summed E-state index contributed by atoms with van der Waals surface area (Å²) in [5, 5.41) is 12.4. The predicted molar refractivity (Wildman–Crippen MR) is 50.2 cm³/mol. The maximum Gasteiger partial charge on any atom is 0.0636 e. The monoisotopic (exact) mass is 172 g/mol. The molecular weight excluding hydrogens is 152 g/mol. The van der Waals surface area contributed by atoms with Crippen molar-refractivity contribution < 1.29 is 5.11 Å². The zero-order valence-electron chi connectivity index (χ0n) is 8.08. The summed E-state index contributed by atoms with van der Waals surface area (Å²) in [6.07, 6.45) is 2.29. The van der Waals surface area contributed by atoms with Gasteiger partial charge in [-0.25, -0.2) is 0 Å². The lowest BCUT2D eigenvalue weighted by Crippen LogP contribution is -2.45. The topological polar surface area (TPSA) is 35.5 Å². The molecule has 72 valence electrons. The van der Waals surface area contributed by atoms with Crippen LogP contribution in [-0.2, 0) is 0 Å². The Morgan fingerprint density at radius 1 is 1.67 bits per heavy atom. The SMILES string of the molecule is C[C@H](O)CNC1CCCN(C)C1. The summed E-state index contributed by atoms with van der Waals surface area (Å²) < 4.78 is 0. The van der Waals surface area contributed by atoms with Gasteiger partial charge in [0.2, 0.25) is 0 Å². The number of aliphatic hydroxyl groups excluding tert-OH is 1. The van der Waals surface area contributed by atoms with Crippen LogP contribution in [0.3, 0.4) is 0 Å². The fourth-order valence-corrected chi connectivity index (χ4v) is 1.67. The fourth-order valence-electron chi connectivity index (χ4n) is 1.67. The van der Waals surface area contributed by atoms with Gasteiger partial charge in [-0.3, -0.25) is 0 Å². The highest BCUT2D eigenvalue weighted by atomic mass is 16.3. The van der Waals surface area contributed by atoms with E-state index in [0.29, 0.717) is 6.04 Å². The summed E-state index contributed by atoms with van der Waals surface area (Å²) in [4.78, 5) is 2.34. The predicted octanol–water partition coefficient (Wildman–Crippen LogP) is 0.0510. The van der Waals surface area contributed by atoms with Gasteiger partial charge in [-0.2, -0.15) is 0 Å². The number of nitrogens with zero attached hydrogens (tertiary/aromatic N) is 1. The molecule has 1 rings (SSSR count). The second-order valence-corrected chi connectivity index (χ2v) is 3.86. The number of aliphatic hydroxyl groups is 1. The molecule has 0 aromatic rings. The number of likely N-dealkylation sites (tertiary alicyclic amines) is 1. The first-order valence-corrected chi connectivity index (χ1v) is 4.78. The maximum absolute atomic E-state index is 9.07. The molecular formula is C9H20N2O. The highest BCUT2D eigenvalue weighted by Gasteiger charge is 2.16. The van der Waals surface area contributed by atoms with Crippen LogP contribution in [0.2, 0.25) is 0 Å². The van der Waals surface area contributed by atoms with Gasteiger partial charge in [0, 0.05) is 19.1 Å². The van der Waals surface area contributed by atoms with Crippen molar-refractivity contribution in [3.63, 3.8) is 0 Å². The summed E-state index contributed by atoms with van der Waals surface area (Å²) in [7, 11) is 2.15. The number of rotatable bonds is 3. The van der Waals surface area contributed by atoms with Crippen LogP contribution in [0.5, 0.6) is 0 Å². The second-order valence-electron chi connectivity index (χ2n) is 3.86. The highest BCUT2D eigenvalue weighted by molar-refractivity contribution is 4.76. The third-order valence-corrected chi connectivity index (χ3v) is 2.33. The van der Waals surface area contributed by atoms with E-state index in [9.17, 15) is 0 Å². The molecule has 0 aromatic carbocycles. The van der Waals surface area contributed by atoms with Crippen LogP contribution >= 0.6 is 0 Å². The van der Waals surface area contributed by atoms with E-state index in [1.54, 1.807) is 0 Å². The van der Waals surface area contributed by atoms with E-state index in [2.05, 4.69) is 17.3 Å². The Kier molecular flexibility index (Phi) is 3.98. The molecule has 0 aromatic heterocycles. The molecule has 3 nitrogen and oxygen atoms in total. The summed E-state index contributed by atoms with van der Waals surface area (Å²) in [6.45, 7) is 4.87. The van der Waals surface area contributed by atoms with E-state index in [1.165, 1.54) is 19.4 Å².